The second-order valence-electron chi connectivity index (χ2n) is 6.84. The van der Waals surface area contributed by atoms with Crippen molar-refractivity contribution < 1.29 is 23.9 Å². The molecule has 0 aromatic heterocycles. The summed E-state index contributed by atoms with van der Waals surface area (Å²) in [6.45, 7) is 0.985. The topological polar surface area (TPSA) is 84.9 Å². The van der Waals surface area contributed by atoms with Crippen LogP contribution in [-0.2, 0) is 20.8 Å². The molecule has 8 heteroatoms. The highest BCUT2D eigenvalue weighted by molar-refractivity contribution is 9.10. The molecule has 29 heavy (non-hydrogen) atoms. The Kier molecular flexibility index (Phi) is 5.53. The summed E-state index contributed by atoms with van der Waals surface area (Å²) in [6, 6.07) is 10.3. The molecule has 0 spiro atoms. The van der Waals surface area contributed by atoms with Crippen molar-refractivity contribution in [3.63, 3.8) is 0 Å². The van der Waals surface area contributed by atoms with Crippen LogP contribution in [0.1, 0.15) is 24.8 Å². The Morgan fingerprint density at radius 3 is 2.28 bits per heavy atom. The van der Waals surface area contributed by atoms with E-state index in [2.05, 4.69) is 21.2 Å². The number of ether oxygens (including phenoxy) is 2. The van der Waals surface area contributed by atoms with Gasteiger partial charge < -0.3 is 14.8 Å². The first-order valence-corrected chi connectivity index (χ1v) is 10.1. The number of carbonyl (C=O) groups is 3. The highest BCUT2D eigenvalue weighted by Crippen LogP contribution is 2.35. The van der Waals surface area contributed by atoms with Crippen LogP contribution in [0.5, 0.6) is 11.5 Å². The summed E-state index contributed by atoms with van der Waals surface area (Å²) in [6.07, 6.45) is 1.49. The summed E-state index contributed by atoms with van der Waals surface area (Å²) >= 11 is 3.47. The van der Waals surface area contributed by atoms with Gasteiger partial charge in [-0.05, 0) is 48.4 Å². The summed E-state index contributed by atoms with van der Waals surface area (Å²) in [5.41, 5.74) is 1.89. The summed E-state index contributed by atoms with van der Waals surface area (Å²) in [5.74, 6) is 0.704. The molecule has 1 saturated heterocycles. The van der Waals surface area contributed by atoms with E-state index in [4.69, 9.17) is 9.47 Å². The lowest BCUT2D eigenvalue weighted by Gasteiger charge is -2.25. The van der Waals surface area contributed by atoms with Gasteiger partial charge in [-0.2, -0.15) is 0 Å². The third kappa shape index (κ3) is 4.27. The van der Waals surface area contributed by atoms with Gasteiger partial charge in [0.2, 0.25) is 17.7 Å². The molecular weight excluding hydrogens is 440 g/mol. The van der Waals surface area contributed by atoms with Crippen LogP contribution in [0.3, 0.4) is 0 Å². The van der Waals surface area contributed by atoms with E-state index in [1.165, 1.54) is 4.90 Å². The molecular formula is C21H19BrN2O5. The normalized spacial score (nSPS) is 16.0. The van der Waals surface area contributed by atoms with Crippen molar-refractivity contribution in [3.05, 3.63) is 46.4 Å². The van der Waals surface area contributed by atoms with Gasteiger partial charge >= 0.3 is 0 Å². The highest BCUT2D eigenvalue weighted by Gasteiger charge is 2.27. The fourth-order valence-electron chi connectivity index (χ4n) is 3.36. The predicted molar refractivity (Wildman–Crippen MR) is 110 cm³/mol. The molecule has 0 aliphatic carbocycles. The number of amides is 3. The van der Waals surface area contributed by atoms with E-state index in [-0.39, 0.29) is 24.1 Å². The van der Waals surface area contributed by atoms with E-state index < -0.39 is 0 Å². The van der Waals surface area contributed by atoms with Gasteiger partial charge in [0, 0.05) is 23.0 Å². The van der Waals surface area contributed by atoms with Crippen LogP contribution >= 0.6 is 15.9 Å². The van der Waals surface area contributed by atoms with Gasteiger partial charge in [0.05, 0.1) is 12.1 Å². The molecule has 2 aliphatic rings. The van der Waals surface area contributed by atoms with Gasteiger partial charge in [-0.15, -0.1) is 0 Å². The van der Waals surface area contributed by atoms with Crippen LogP contribution in [0.4, 0.5) is 11.4 Å². The minimum absolute atomic E-state index is 0.155. The average Bonchev–Trinajstić information content (AvgIpc) is 2.69. The van der Waals surface area contributed by atoms with Gasteiger partial charge in [0.15, 0.2) is 11.5 Å². The maximum Gasteiger partial charge on any atom is 0.233 e. The van der Waals surface area contributed by atoms with E-state index in [1.807, 2.05) is 0 Å². The monoisotopic (exact) mass is 458 g/mol. The number of anilines is 2. The fourth-order valence-corrected chi connectivity index (χ4v) is 3.82. The number of imide groups is 1. The largest absolute Gasteiger partial charge is 0.486 e. The van der Waals surface area contributed by atoms with Crippen LogP contribution in [-0.4, -0.2) is 30.9 Å². The average molecular weight is 459 g/mol. The molecule has 7 nitrogen and oxygen atoms in total. The second kappa shape index (κ2) is 8.24. The number of carbonyl (C=O) groups excluding carboxylic acids is 3. The zero-order chi connectivity index (χ0) is 20.4. The number of benzene rings is 2. The maximum absolute atomic E-state index is 12.5. The SMILES string of the molecule is O=C(Cc1cc2c(cc1Br)OCCO2)Nc1ccc(N2C(=O)CCCC2=O)cc1. The molecule has 2 aromatic rings. The first kappa shape index (κ1) is 19.4. The molecule has 2 aromatic carbocycles. The number of hydrogen-bond acceptors (Lipinski definition) is 5. The van der Waals surface area contributed by atoms with Gasteiger partial charge in [0.25, 0.3) is 0 Å². The van der Waals surface area contributed by atoms with Crippen molar-refractivity contribution in [1.82, 2.24) is 0 Å². The standard InChI is InChI=1S/C21H19BrN2O5/c22-16-12-18-17(28-8-9-29-18)10-13(16)11-19(25)23-14-4-6-15(7-5-14)24-20(26)2-1-3-21(24)27/h4-7,10,12H,1-3,8-9,11H2,(H,23,25). The Bertz CT molecular complexity index is 958. The van der Waals surface area contributed by atoms with Crippen LogP contribution in [0.15, 0.2) is 40.9 Å². The van der Waals surface area contributed by atoms with Crippen LogP contribution in [0, 0.1) is 0 Å². The number of rotatable bonds is 4. The van der Waals surface area contributed by atoms with Crippen molar-refractivity contribution >= 4 is 45.0 Å². The lowest BCUT2D eigenvalue weighted by Crippen LogP contribution is -2.40. The lowest BCUT2D eigenvalue weighted by molar-refractivity contribution is -0.129. The van der Waals surface area contributed by atoms with E-state index >= 15 is 0 Å². The van der Waals surface area contributed by atoms with Gasteiger partial charge in [-0.1, -0.05) is 15.9 Å². The van der Waals surface area contributed by atoms with Crippen LogP contribution < -0.4 is 19.7 Å². The first-order valence-electron chi connectivity index (χ1n) is 9.35. The molecule has 0 saturated carbocycles. The van der Waals surface area contributed by atoms with E-state index in [0.717, 1.165) is 10.0 Å². The number of halogens is 1. The number of nitrogens with one attached hydrogen (secondary N) is 1. The van der Waals surface area contributed by atoms with Crippen molar-refractivity contribution in [1.29, 1.82) is 0 Å². The molecule has 2 heterocycles. The highest BCUT2D eigenvalue weighted by atomic mass is 79.9. The lowest BCUT2D eigenvalue weighted by atomic mass is 10.1. The first-order chi connectivity index (χ1) is 14.0. The molecule has 3 amide bonds. The van der Waals surface area contributed by atoms with Crippen LogP contribution in [0.25, 0.3) is 0 Å². The third-order valence-electron chi connectivity index (χ3n) is 4.75. The Morgan fingerprint density at radius 1 is 1.00 bits per heavy atom. The summed E-state index contributed by atoms with van der Waals surface area (Å²) < 4.78 is 11.9. The molecule has 0 radical (unpaired) electrons. The van der Waals surface area contributed by atoms with Crippen LogP contribution in [0.2, 0.25) is 0 Å². The molecule has 0 unspecified atom stereocenters. The molecule has 150 valence electrons. The third-order valence-corrected chi connectivity index (χ3v) is 5.49. The minimum Gasteiger partial charge on any atom is -0.486 e. The Labute approximate surface area is 176 Å². The Hall–Kier alpha value is -2.87. The molecule has 1 fully saturated rings. The Balaban J connectivity index is 1.42. The number of piperidine rings is 1. The molecule has 0 bridgehead atoms. The van der Waals surface area contributed by atoms with Gasteiger partial charge in [0.1, 0.15) is 13.2 Å². The summed E-state index contributed by atoms with van der Waals surface area (Å²) in [4.78, 5) is 37.7. The molecule has 2 aliphatic heterocycles. The van der Waals surface area contributed by atoms with Crippen molar-refractivity contribution in [2.45, 2.75) is 25.7 Å². The zero-order valence-electron chi connectivity index (χ0n) is 15.6. The Morgan fingerprint density at radius 2 is 1.62 bits per heavy atom. The number of fused-ring (bicyclic) bond motifs is 1. The van der Waals surface area contributed by atoms with Crippen molar-refractivity contribution in [2.24, 2.45) is 0 Å². The summed E-state index contributed by atoms with van der Waals surface area (Å²) in [5, 5.41) is 2.83. The second-order valence-corrected chi connectivity index (χ2v) is 7.69. The van der Waals surface area contributed by atoms with Gasteiger partial charge in [-0.25, -0.2) is 0 Å². The molecule has 4 rings (SSSR count). The minimum atomic E-state index is -0.194. The number of nitrogens with zero attached hydrogens (tertiary/aromatic N) is 1. The van der Waals surface area contributed by atoms with Crippen molar-refractivity contribution in [3.8, 4) is 11.5 Å². The van der Waals surface area contributed by atoms with Gasteiger partial charge in [-0.3, -0.25) is 19.3 Å². The molecule has 1 N–H and O–H groups in total. The van der Waals surface area contributed by atoms with Crippen molar-refractivity contribution in [2.75, 3.05) is 23.4 Å². The predicted octanol–water partition coefficient (Wildman–Crippen LogP) is 3.45. The number of hydrogen-bond donors (Lipinski definition) is 1. The summed E-state index contributed by atoms with van der Waals surface area (Å²) in [7, 11) is 0. The fraction of sp³-hybridized carbons (Fsp3) is 0.286. The quantitative estimate of drug-likeness (QED) is 0.709. The van der Waals surface area contributed by atoms with E-state index in [9.17, 15) is 14.4 Å². The zero-order valence-corrected chi connectivity index (χ0v) is 17.2. The van der Waals surface area contributed by atoms with E-state index in [1.54, 1.807) is 36.4 Å². The van der Waals surface area contributed by atoms with E-state index in [0.29, 0.717) is 55.4 Å². The maximum atomic E-state index is 12.5. The smallest absolute Gasteiger partial charge is 0.233 e. The molecule has 0 atom stereocenters.